The maximum absolute atomic E-state index is 11.7. The minimum Gasteiger partial charge on any atom is -0.478 e. The van der Waals surface area contributed by atoms with E-state index in [9.17, 15) is 18.3 Å². The third kappa shape index (κ3) is 3.47. The molecule has 0 radical (unpaired) electrons. The Hall–Kier alpha value is -1.63. The van der Waals surface area contributed by atoms with Crippen molar-refractivity contribution >= 4 is 21.5 Å². The van der Waals surface area contributed by atoms with Crippen LogP contribution in [0.3, 0.4) is 0 Å². The number of nitrogens with zero attached hydrogens (tertiary/aromatic N) is 1. The molecular weight excluding hydrogens is 280 g/mol. The van der Waals surface area contributed by atoms with Gasteiger partial charge in [0, 0.05) is 18.5 Å². The first-order valence-electron chi connectivity index (χ1n) is 6.11. The van der Waals surface area contributed by atoms with Crippen molar-refractivity contribution in [3.63, 3.8) is 0 Å². The fraction of sp³-hybridized carbons (Fsp3) is 0.538. The lowest BCUT2D eigenvalue weighted by molar-refractivity contribution is 0.0696. The summed E-state index contributed by atoms with van der Waals surface area (Å²) in [5, 5.41) is 12.2. The standard InChI is InChI=1S/C13H20N2O4S/c1-8-6-10(11(12(16)17)9(2)15-8)14-7-13(3,4)20(5,18)19/h6H,7H2,1-5H3,(H,14,15)(H,16,17). The van der Waals surface area contributed by atoms with Crippen molar-refractivity contribution in [2.75, 3.05) is 18.1 Å². The molecule has 1 aromatic rings. The second-order valence-electron chi connectivity index (χ2n) is 5.46. The summed E-state index contributed by atoms with van der Waals surface area (Å²) in [7, 11) is -3.25. The SMILES string of the molecule is Cc1cc(NCC(C)(C)S(C)(=O)=O)c(C(=O)O)c(C)n1. The number of hydrogen-bond acceptors (Lipinski definition) is 5. The van der Waals surface area contributed by atoms with Gasteiger partial charge in [0.2, 0.25) is 0 Å². The van der Waals surface area contributed by atoms with Gasteiger partial charge in [0.15, 0.2) is 9.84 Å². The zero-order chi connectivity index (χ0) is 15.7. The number of aromatic carboxylic acids is 1. The molecule has 0 unspecified atom stereocenters. The highest BCUT2D eigenvalue weighted by Gasteiger charge is 2.30. The average molecular weight is 300 g/mol. The Bertz CT molecular complexity index is 636. The summed E-state index contributed by atoms with van der Waals surface area (Å²) < 4.78 is 22.3. The summed E-state index contributed by atoms with van der Waals surface area (Å²) in [4.78, 5) is 15.4. The van der Waals surface area contributed by atoms with Crippen LogP contribution in [0.1, 0.15) is 35.6 Å². The molecule has 0 saturated carbocycles. The van der Waals surface area contributed by atoms with Crippen molar-refractivity contribution in [2.24, 2.45) is 0 Å². The molecule has 0 aliphatic heterocycles. The number of aryl methyl sites for hydroxylation is 2. The predicted octanol–water partition coefficient (Wildman–Crippen LogP) is 1.63. The van der Waals surface area contributed by atoms with Gasteiger partial charge in [-0.3, -0.25) is 4.98 Å². The zero-order valence-corrected chi connectivity index (χ0v) is 13.1. The molecule has 1 heterocycles. The number of sulfone groups is 1. The van der Waals surface area contributed by atoms with E-state index in [1.807, 2.05) is 0 Å². The molecule has 0 fully saturated rings. The minimum absolute atomic E-state index is 0.0694. The van der Waals surface area contributed by atoms with Crippen molar-refractivity contribution in [1.29, 1.82) is 0 Å². The molecule has 0 aliphatic rings. The van der Waals surface area contributed by atoms with E-state index in [1.165, 1.54) is 0 Å². The van der Waals surface area contributed by atoms with Gasteiger partial charge in [-0.1, -0.05) is 0 Å². The lowest BCUT2D eigenvalue weighted by Gasteiger charge is -2.24. The van der Waals surface area contributed by atoms with Crippen LogP contribution in [-0.2, 0) is 9.84 Å². The summed E-state index contributed by atoms with van der Waals surface area (Å²) in [5.74, 6) is -1.09. The Kier molecular flexibility index (Phi) is 4.43. The number of aromatic nitrogens is 1. The monoisotopic (exact) mass is 300 g/mol. The quantitative estimate of drug-likeness (QED) is 0.858. The number of anilines is 1. The average Bonchev–Trinajstić information content (AvgIpc) is 2.23. The molecule has 0 atom stereocenters. The van der Waals surface area contributed by atoms with Gasteiger partial charge in [-0.2, -0.15) is 0 Å². The number of carboxylic acid groups (broad SMARTS) is 1. The maximum Gasteiger partial charge on any atom is 0.339 e. The topological polar surface area (TPSA) is 96.4 Å². The molecule has 0 aliphatic carbocycles. The first-order valence-corrected chi connectivity index (χ1v) is 8.00. The van der Waals surface area contributed by atoms with Crippen molar-refractivity contribution in [1.82, 2.24) is 4.98 Å². The van der Waals surface area contributed by atoms with Crippen LogP contribution in [-0.4, -0.2) is 42.0 Å². The van der Waals surface area contributed by atoms with Crippen LogP contribution in [0.15, 0.2) is 6.07 Å². The highest BCUT2D eigenvalue weighted by molar-refractivity contribution is 7.92. The van der Waals surface area contributed by atoms with Crippen LogP contribution in [0.4, 0.5) is 5.69 Å². The smallest absolute Gasteiger partial charge is 0.339 e. The van der Waals surface area contributed by atoms with Gasteiger partial charge in [0.1, 0.15) is 5.56 Å². The molecule has 0 spiro atoms. The van der Waals surface area contributed by atoms with E-state index in [-0.39, 0.29) is 12.1 Å². The van der Waals surface area contributed by atoms with Crippen molar-refractivity contribution in [3.8, 4) is 0 Å². The molecule has 1 aromatic heterocycles. The predicted molar refractivity (Wildman–Crippen MR) is 78.1 cm³/mol. The summed E-state index contributed by atoms with van der Waals surface area (Å²) >= 11 is 0. The van der Waals surface area contributed by atoms with Gasteiger partial charge in [-0.25, -0.2) is 13.2 Å². The Morgan fingerprint density at radius 2 is 1.95 bits per heavy atom. The highest BCUT2D eigenvalue weighted by Crippen LogP contribution is 2.22. The minimum atomic E-state index is -3.25. The molecule has 6 nitrogen and oxygen atoms in total. The van der Waals surface area contributed by atoms with Crippen molar-refractivity contribution < 1.29 is 18.3 Å². The summed E-state index contributed by atoms with van der Waals surface area (Å²) in [6.07, 6.45) is 1.16. The van der Waals surface area contributed by atoms with Crippen molar-refractivity contribution in [2.45, 2.75) is 32.4 Å². The second kappa shape index (κ2) is 5.40. The molecule has 0 amide bonds. The summed E-state index contributed by atoms with van der Waals surface area (Å²) in [5.41, 5.74) is 1.53. The number of hydrogen-bond donors (Lipinski definition) is 2. The van der Waals surface area contributed by atoms with E-state index < -0.39 is 20.6 Å². The van der Waals surface area contributed by atoms with Gasteiger partial charge < -0.3 is 10.4 Å². The van der Waals surface area contributed by atoms with Gasteiger partial charge in [0.05, 0.1) is 16.1 Å². The van der Waals surface area contributed by atoms with E-state index in [0.29, 0.717) is 17.1 Å². The number of carboxylic acids is 1. The van der Waals surface area contributed by atoms with E-state index in [4.69, 9.17) is 0 Å². The van der Waals surface area contributed by atoms with Gasteiger partial charge in [0.25, 0.3) is 0 Å². The number of carbonyl (C=O) groups is 1. The molecule has 7 heteroatoms. The molecule has 1 rings (SSSR count). The van der Waals surface area contributed by atoms with Crippen LogP contribution in [0.25, 0.3) is 0 Å². The molecule has 0 bridgehead atoms. The largest absolute Gasteiger partial charge is 0.478 e. The highest BCUT2D eigenvalue weighted by atomic mass is 32.2. The molecule has 2 N–H and O–H groups in total. The Balaban J connectivity index is 3.14. The van der Waals surface area contributed by atoms with E-state index >= 15 is 0 Å². The van der Waals surface area contributed by atoms with Crippen molar-refractivity contribution in [3.05, 3.63) is 23.0 Å². The van der Waals surface area contributed by atoms with Crippen LogP contribution >= 0.6 is 0 Å². The van der Waals surface area contributed by atoms with Crippen LogP contribution < -0.4 is 5.32 Å². The van der Waals surface area contributed by atoms with Crippen LogP contribution in [0, 0.1) is 13.8 Å². The normalized spacial score (nSPS) is 12.2. The van der Waals surface area contributed by atoms with E-state index in [0.717, 1.165) is 6.26 Å². The van der Waals surface area contributed by atoms with E-state index in [2.05, 4.69) is 10.3 Å². The third-order valence-corrected chi connectivity index (χ3v) is 5.40. The first-order chi connectivity index (χ1) is 8.95. The van der Waals surface area contributed by atoms with Crippen LogP contribution in [0.2, 0.25) is 0 Å². The van der Waals surface area contributed by atoms with Gasteiger partial charge >= 0.3 is 5.97 Å². The lowest BCUT2D eigenvalue weighted by atomic mass is 10.1. The Labute approximate surface area is 119 Å². The molecule has 0 aromatic carbocycles. The van der Waals surface area contributed by atoms with E-state index in [1.54, 1.807) is 33.8 Å². The third-order valence-electron chi connectivity index (χ3n) is 3.25. The van der Waals surface area contributed by atoms with Crippen LogP contribution in [0.5, 0.6) is 0 Å². The number of rotatable bonds is 5. The second-order valence-corrected chi connectivity index (χ2v) is 8.11. The molecule has 0 saturated heterocycles. The fourth-order valence-electron chi connectivity index (χ4n) is 1.68. The van der Waals surface area contributed by atoms with Gasteiger partial charge in [-0.15, -0.1) is 0 Å². The first kappa shape index (κ1) is 16.4. The lowest BCUT2D eigenvalue weighted by Crippen LogP contribution is -2.38. The number of pyridine rings is 1. The molecule has 112 valence electrons. The molecule has 20 heavy (non-hydrogen) atoms. The fourth-order valence-corrected chi connectivity index (χ4v) is 2.01. The Morgan fingerprint density at radius 1 is 1.40 bits per heavy atom. The van der Waals surface area contributed by atoms with Gasteiger partial charge in [-0.05, 0) is 33.8 Å². The number of nitrogens with one attached hydrogen (secondary N) is 1. The summed E-state index contributed by atoms with van der Waals surface area (Å²) in [6, 6.07) is 1.61. The maximum atomic E-state index is 11.7. The summed E-state index contributed by atoms with van der Waals surface area (Å²) in [6.45, 7) is 6.68. The Morgan fingerprint density at radius 3 is 2.40 bits per heavy atom. The molecular formula is C13H20N2O4S. The zero-order valence-electron chi connectivity index (χ0n) is 12.3.